The fourth-order valence-corrected chi connectivity index (χ4v) is 2.44. The molecule has 0 N–H and O–H groups in total. The number of nitrogens with zero attached hydrogens (tertiary/aromatic N) is 2. The highest BCUT2D eigenvalue weighted by Gasteiger charge is 2.22. The first-order valence-electron chi connectivity index (χ1n) is 6.57. The van der Waals surface area contributed by atoms with Crippen LogP contribution >= 0.6 is 11.6 Å². The molecule has 2 rings (SSSR count). The van der Waals surface area contributed by atoms with Gasteiger partial charge >= 0.3 is 0 Å². The number of ether oxygens (including phenoxy) is 1. The molecule has 1 atom stereocenters. The number of rotatable bonds is 4. The van der Waals surface area contributed by atoms with Crippen molar-refractivity contribution in [3.05, 3.63) is 35.1 Å². The fraction of sp³-hybridized carbons (Fsp3) is 0.400. The molecule has 106 valence electrons. The van der Waals surface area contributed by atoms with E-state index >= 15 is 0 Å². The summed E-state index contributed by atoms with van der Waals surface area (Å²) in [5.41, 5.74) is 2.33. The Morgan fingerprint density at radius 1 is 1.55 bits per heavy atom. The summed E-state index contributed by atoms with van der Waals surface area (Å²) in [6.07, 6.45) is 3.77. The average Bonchev–Trinajstić information content (AvgIpc) is 2.49. The van der Waals surface area contributed by atoms with E-state index in [0.29, 0.717) is 17.1 Å². The van der Waals surface area contributed by atoms with Gasteiger partial charge in [-0.25, -0.2) is 4.98 Å². The van der Waals surface area contributed by atoms with Gasteiger partial charge in [0.05, 0.1) is 6.10 Å². The molecule has 1 aliphatic rings. The number of aromatic nitrogens is 1. The number of halogens is 1. The molecular weight excluding hydrogens is 276 g/mol. The van der Waals surface area contributed by atoms with E-state index in [4.69, 9.17) is 16.3 Å². The number of carbonyl (C=O) groups excluding carboxylic acids is 1. The van der Waals surface area contributed by atoms with E-state index in [0.717, 1.165) is 37.0 Å². The lowest BCUT2D eigenvalue weighted by Crippen LogP contribution is -2.22. The summed E-state index contributed by atoms with van der Waals surface area (Å²) in [6.45, 7) is 4.85. The van der Waals surface area contributed by atoms with Gasteiger partial charge in [0.25, 0.3) is 0 Å². The summed E-state index contributed by atoms with van der Waals surface area (Å²) in [6, 6.07) is 3.51. The highest BCUT2D eigenvalue weighted by Crippen LogP contribution is 2.28. The van der Waals surface area contributed by atoms with Crippen molar-refractivity contribution in [3.63, 3.8) is 0 Å². The smallest absolute Gasteiger partial charge is 0.170 e. The van der Waals surface area contributed by atoms with E-state index in [1.165, 1.54) is 0 Å². The first-order valence-corrected chi connectivity index (χ1v) is 6.94. The molecule has 20 heavy (non-hydrogen) atoms. The van der Waals surface area contributed by atoms with Crippen LogP contribution < -0.4 is 0 Å². The lowest BCUT2D eigenvalue weighted by atomic mass is 9.94. The van der Waals surface area contributed by atoms with Crippen molar-refractivity contribution in [1.29, 1.82) is 0 Å². The molecule has 1 saturated heterocycles. The maximum absolute atomic E-state index is 11.1. The summed E-state index contributed by atoms with van der Waals surface area (Å²) in [5, 5.41) is 0.323. The topological polar surface area (TPSA) is 51.5 Å². The van der Waals surface area contributed by atoms with Gasteiger partial charge < -0.3 is 4.74 Å². The minimum Gasteiger partial charge on any atom is -0.374 e. The van der Waals surface area contributed by atoms with Crippen molar-refractivity contribution in [3.8, 4) is 0 Å². The van der Waals surface area contributed by atoms with Crippen molar-refractivity contribution in [2.24, 2.45) is 4.99 Å². The second-order valence-electron chi connectivity index (χ2n) is 4.64. The summed E-state index contributed by atoms with van der Waals surface area (Å²) < 4.78 is 5.74. The molecule has 1 fully saturated rings. The molecule has 0 spiro atoms. The Kier molecular flexibility index (Phi) is 5.04. The van der Waals surface area contributed by atoms with Crippen LogP contribution in [0.4, 0.5) is 0 Å². The monoisotopic (exact) mass is 292 g/mol. The summed E-state index contributed by atoms with van der Waals surface area (Å²) in [5.74, 6) is 0. The highest BCUT2D eigenvalue weighted by atomic mass is 35.5. The van der Waals surface area contributed by atoms with E-state index in [1.807, 2.05) is 6.07 Å². The van der Waals surface area contributed by atoms with Gasteiger partial charge in [0.2, 0.25) is 0 Å². The number of hydrogen-bond acceptors (Lipinski definition) is 4. The number of hydrogen-bond donors (Lipinski definition) is 0. The SMILES string of the molecule is C=C(c1ccc(Cl)nc1/C(C=O)=N\C)C1CCCCO1. The molecular formula is C15H17ClN2O2. The predicted octanol–water partition coefficient (Wildman–Crippen LogP) is 2.94. The van der Waals surface area contributed by atoms with Gasteiger partial charge in [-0.2, -0.15) is 0 Å². The highest BCUT2D eigenvalue weighted by molar-refractivity contribution is 6.37. The fourth-order valence-electron chi connectivity index (χ4n) is 2.29. The standard InChI is InChI=1S/C15H17ClN2O2/c1-10(13-5-3-4-8-20-13)11-6-7-14(16)18-15(11)12(9-19)17-2/h6-7,9,13H,1,3-5,8H2,2H3/b17-12-. The number of aldehydes is 1. The average molecular weight is 293 g/mol. The zero-order chi connectivity index (χ0) is 14.5. The molecule has 4 nitrogen and oxygen atoms in total. The van der Waals surface area contributed by atoms with Gasteiger partial charge in [-0.1, -0.05) is 18.2 Å². The van der Waals surface area contributed by atoms with Crippen LogP contribution in [0.2, 0.25) is 5.15 Å². The minimum absolute atomic E-state index is 0.0322. The third-order valence-electron chi connectivity index (χ3n) is 3.37. The molecule has 0 amide bonds. The van der Waals surface area contributed by atoms with Gasteiger partial charge in [-0.15, -0.1) is 0 Å². The van der Waals surface area contributed by atoms with Crippen LogP contribution in [0.5, 0.6) is 0 Å². The van der Waals surface area contributed by atoms with Crippen molar-refractivity contribution >= 4 is 29.2 Å². The first kappa shape index (κ1) is 14.9. The third-order valence-corrected chi connectivity index (χ3v) is 3.58. The quantitative estimate of drug-likeness (QED) is 0.487. The Hall–Kier alpha value is -1.52. The van der Waals surface area contributed by atoms with Crippen LogP contribution in [0.15, 0.2) is 23.7 Å². The molecule has 0 radical (unpaired) electrons. The Morgan fingerprint density at radius 2 is 2.35 bits per heavy atom. The van der Waals surface area contributed by atoms with Crippen LogP contribution in [0.25, 0.3) is 5.57 Å². The molecule has 5 heteroatoms. The van der Waals surface area contributed by atoms with Gasteiger partial charge in [0.1, 0.15) is 16.6 Å². The Bertz CT molecular complexity index is 549. The number of carbonyl (C=O) groups is 1. The Morgan fingerprint density at radius 3 is 2.95 bits per heavy atom. The van der Waals surface area contributed by atoms with E-state index in [-0.39, 0.29) is 11.8 Å². The van der Waals surface area contributed by atoms with Gasteiger partial charge in [0.15, 0.2) is 6.29 Å². The minimum atomic E-state index is -0.0322. The summed E-state index contributed by atoms with van der Waals surface area (Å²) in [7, 11) is 1.55. The van der Waals surface area contributed by atoms with Crippen molar-refractivity contribution in [1.82, 2.24) is 4.98 Å². The van der Waals surface area contributed by atoms with E-state index in [1.54, 1.807) is 13.1 Å². The van der Waals surface area contributed by atoms with E-state index in [9.17, 15) is 4.79 Å². The van der Waals surface area contributed by atoms with Gasteiger partial charge in [-0.05, 0) is 37.0 Å². The van der Waals surface area contributed by atoms with Crippen LogP contribution in [0, 0.1) is 0 Å². The van der Waals surface area contributed by atoms with Gasteiger partial charge in [-0.3, -0.25) is 9.79 Å². The van der Waals surface area contributed by atoms with E-state index < -0.39 is 0 Å². The molecule has 0 bridgehead atoms. The number of pyridine rings is 1. The molecule has 1 unspecified atom stereocenters. The Balaban J connectivity index is 2.39. The van der Waals surface area contributed by atoms with E-state index in [2.05, 4.69) is 16.6 Å². The lowest BCUT2D eigenvalue weighted by Gasteiger charge is -2.25. The van der Waals surface area contributed by atoms with Crippen LogP contribution in [0.1, 0.15) is 30.5 Å². The largest absolute Gasteiger partial charge is 0.374 e. The lowest BCUT2D eigenvalue weighted by molar-refractivity contribution is -0.102. The zero-order valence-corrected chi connectivity index (χ0v) is 12.2. The number of aliphatic imine (C=N–C) groups is 1. The van der Waals surface area contributed by atoms with Crippen LogP contribution in [-0.2, 0) is 9.53 Å². The summed E-state index contributed by atoms with van der Waals surface area (Å²) >= 11 is 5.92. The second-order valence-corrected chi connectivity index (χ2v) is 5.02. The van der Waals surface area contributed by atoms with Crippen molar-refractivity contribution in [2.75, 3.05) is 13.7 Å². The first-order chi connectivity index (χ1) is 9.67. The van der Waals surface area contributed by atoms with Crippen LogP contribution in [0.3, 0.4) is 0 Å². The molecule has 1 aliphatic heterocycles. The zero-order valence-electron chi connectivity index (χ0n) is 11.4. The Labute approximate surface area is 123 Å². The predicted molar refractivity (Wildman–Crippen MR) is 80.4 cm³/mol. The maximum Gasteiger partial charge on any atom is 0.170 e. The second kappa shape index (κ2) is 6.77. The van der Waals surface area contributed by atoms with Crippen molar-refractivity contribution in [2.45, 2.75) is 25.4 Å². The normalized spacial score (nSPS) is 19.7. The van der Waals surface area contributed by atoms with Crippen LogP contribution in [-0.4, -0.2) is 36.7 Å². The molecule has 1 aromatic heterocycles. The molecule has 2 heterocycles. The summed E-state index contributed by atoms with van der Waals surface area (Å²) in [4.78, 5) is 19.3. The van der Waals surface area contributed by atoms with Crippen molar-refractivity contribution < 1.29 is 9.53 Å². The molecule has 0 saturated carbocycles. The molecule has 1 aromatic rings. The van der Waals surface area contributed by atoms with Gasteiger partial charge in [0, 0.05) is 19.2 Å². The maximum atomic E-state index is 11.1. The molecule has 0 aromatic carbocycles. The molecule has 0 aliphatic carbocycles. The third kappa shape index (κ3) is 3.14.